The minimum absolute atomic E-state index is 0.137. The molecule has 1 N–H and O–H groups in total. The second-order valence-corrected chi connectivity index (χ2v) is 5.73. The van der Waals surface area contributed by atoms with Crippen molar-refractivity contribution in [3.05, 3.63) is 41.5 Å². The van der Waals surface area contributed by atoms with Gasteiger partial charge >= 0.3 is 0 Å². The summed E-state index contributed by atoms with van der Waals surface area (Å²) in [6, 6.07) is 9.37. The highest BCUT2D eigenvalue weighted by atomic mass is 16.5. The van der Waals surface area contributed by atoms with Crippen molar-refractivity contribution in [3.8, 4) is 23.0 Å². The summed E-state index contributed by atoms with van der Waals surface area (Å²) in [5, 5.41) is 2.86. The van der Waals surface area contributed by atoms with Gasteiger partial charge in [-0.3, -0.25) is 4.79 Å². The van der Waals surface area contributed by atoms with Gasteiger partial charge in [0.05, 0.1) is 28.4 Å². The molecule has 6 heteroatoms. The maximum Gasteiger partial charge on any atom is 0.221 e. The third kappa shape index (κ3) is 4.59. The molecule has 0 unspecified atom stereocenters. The molecule has 0 heterocycles. The topological polar surface area (TPSA) is 66.0 Å². The molecule has 0 spiro atoms. The van der Waals surface area contributed by atoms with Gasteiger partial charge in [0.25, 0.3) is 0 Å². The molecule has 0 fully saturated rings. The highest BCUT2D eigenvalue weighted by Gasteiger charge is 2.16. The van der Waals surface area contributed by atoms with E-state index in [9.17, 15) is 4.79 Å². The predicted octanol–water partition coefficient (Wildman–Crippen LogP) is 3.46. The Bertz CT molecular complexity index is 751. The van der Waals surface area contributed by atoms with Gasteiger partial charge in [-0.15, -0.1) is 0 Å². The van der Waals surface area contributed by atoms with Crippen LogP contribution >= 0.6 is 0 Å². The summed E-state index contributed by atoms with van der Waals surface area (Å²) in [4.78, 5) is 11.5. The number of benzene rings is 2. The van der Waals surface area contributed by atoms with Crippen LogP contribution in [0.2, 0.25) is 0 Å². The van der Waals surface area contributed by atoms with Crippen LogP contribution in [0.1, 0.15) is 18.1 Å². The van der Waals surface area contributed by atoms with Crippen LogP contribution < -0.4 is 24.3 Å². The number of amides is 1. The Morgan fingerprint density at radius 3 is 2.04 bits per heavy atom. The van der Waals surface area contributed by atoms with E-state index < -0.39 is 0 Å². The van der Waals surface area contributed by atoms with E-state index in [0.29, 0.717) is 30.0 Å². The third-order valence-electron chi connectivity index (χ3n) is 4.03. The molecule has 0 atom stereocenters. The van der Waals surface area contributed by atoms with Crippen molar-refractivity contribution < 1.29 is 23.7 Å². The Balaban J connectivity index is 2.36. The summed E-state index contributed by atoms with van der Waals surface area (Å²) in [5.41, 5.74) is 2.65. The molecule has 0 aliphatic carbocycles. The van der Waals surface area contributed by atoms with E-state index in [-0.39, 0.29) is 5.91 Å². The Morgan fingerprint density at radius 1 is 0.885 bits per heavy atom. The van der Waals surface area contributed by atoms with Gasteiger partial charge in [0.15, 0.2) is 11.5 Å². The molecule has 0 saturated heterocycles. The minimum atomic E-state index is -0.137. The standard InChI is InChI=1S/C20H25NO5/c1-13(22)21-18-8-9-19(25-4)20(26-5)17(18)7-6-14-10-15(23-2)12-16(11-14)24-3/h8-12H,6-7H2,1-5H3,(H,21,22). The van der Waals surface area contributed by atoms with Crippen LogP contribution in [0.15, 0.2) is 30.3 Å². The average molecular weight is 359 g/mol. The Kier molecular flexibility index (Phi) is 6.72. The molecule has 0 aliphatic heterocycles. The number of ether oxygens (including phenoxy) is 4. The van der Waals surface area contributed by atoms with Gasteiger partial charge < -0.3 is 24.3 Å². The Hall–Kier alpha value is -2.89. The molecule has 0 aromatic heterocycles. The maximum atomic E-state index is 11.5. The number of nitrogens with one attached hydrogen (secondary N) is 1. The number of carbonyl (C=O) groups excluding carboxylic acids is 1. The van der Waals surface area contributed by atoms with Crippen LogP contribution in [0.3, 0.4) is 0 Å². The molecule has 2 rings (SSSR count). The molecule has 0 aliphatic rings. The van der Waals surface area contributed by atoms with Gasteiger partial charge in [-0.05, 0) is 42.7 Å². The van der Waals surface area contributed by atoms with E-state index >= 15 is 0 Å². The smallest absolute Gasteiger partial charge is 0.221 e. The zero-order chi connectivity index (χ0) is 19.1. The molecular formula is C20H25NO5. The summed E-state index contributed by atoms with van der Waals surface area (Å²) in [6.45, 7) is 1.48. The normalized spacial score (nSPS) is 10.2. The first kappa shape index (κ1) is 19.4. The zero-order valence-corrected chi connectivity index (χ0v) is 15.8. The van der Waals surface area contributed by atoms with Gasteiger partial charge in [-0.2, -0.15) is 0 Å². The fourth-order valence-corrected chi connectivity index (χ4v) is 2.83. The molecule has 0 saturated carbocycles. The Labute approximate surface area is 154 Å². The largest absolute Gasteiger partial charge is 0.497 e. The molecule has 0 bridgehead atoms. The van der Waals surface area contributed by atoms with Crippen molar-refractivity contribution in [1.82, 2.24) is 0 Å². The van der Waals surface area contributed by atoms with Gasteiger partial charge in [-0.25, -0.2) is 0 Å². The van der Waals surface area contributed by atoms with Crippen LogP contribution in [0.4, 0.5) is 5.69 Å². The first-order valence-electron chi connectivity index (χ1n) is 8.25. The quantitative estimate of drug-likeness (QED) is 0.782. The van der Waals surface area contributed by atoms with E-state index in [4.69, 9.17) is 18.9 Å². The van der Waals surface area contributed by atoms with Crippen molar-refractivity contribution in [3.63, 3.8) is 0 Å². The van der Waals surface area contributed by atoms with E-state index in [2.05, 4.69) is 5.32 Å². The van der Waals surface area contributed by atoms with Crippen LogP contribution in [-0.2, 0) is 17.6 Å². The fourth-order valence-electron chi connectivity index (χ4n) is 2.83. The predicted molar refractivity (Wildman–Crippen MR) is 101 cm³/mol. The summed E-state index contributed by atoms with van der Waals surface area (Å²) in [7, 11) is 6.43. The lowest BCUT2D eigenvalue weighted by atomic mass is 10.0. The SMILES string of the molecule is COc1cc(CCc2c(NC(C)=O)ccc(OC)c2OC)cc(OC)c1. The lowest BCUT2D eigenvalue weighted by Crippen LogP contribution is -2.10. The van der Waals surface area contributed by atoms with E-state index in [1.807, 2.05) is 24.3 Å². The molecular weight excluding hydrogens is 334 g/mol. The number of carbonyl (C=O) groups is 1. The second-order valence-electron chi connectivity index (χ2n) is 5.73. The van der Waals surface area contributed by atoms with E-state index in [1.54, 1.807) is 34.5 Å². The van der Waals surface area contributed by atoms with Gasteiger partial charge in [0.1, 0.15) is 11.5 Å². The monoisotopic (exact) mass is 359 g/mol. The van der Waals surface area contributed by atoms with Gasteiger partial charge in [-0.1, -0.05) is 0 Å². The van der Waals surface area contributed by atoms with Gasteiger partial charge in [0.2, 0.25) is 5.91 Å². The highest BCUT2D eigenvalue weighted by molar-refractivity contribution is 5.90. The van der Waals surface area contributed by atoms with E-state index in [1.165, 1.54) is 6.92 Å². The van der Waals surface area contributed by atoms with Crippen molar-refractivity contribution in [1.29, 1.82) is 0 Å². The van der Waals surface area contributed by atoms with Crippen molar-refractivity contribution in [2.24, 2.45) is 0 Å². The number of methoxy groups -OCH3 is 4. The van der Waals surface area contributed by atoms with E-state index in [0.717, 1.165) is 22.6 Å². The van der Waals surface area contributed by atoms with Crippen molar-refractivity contribution in [2.45, 2.75) is 19.8 Å². The number of hydrogen-bond acceptors (Lipinski definition) is 5. The lowest BCUT2D eigenvalue weighted by Gasteiger charge is -2.17. The van der Waals surface area contributed by atoms with Crippen molar-refractivity contribution >= 4 is 11.6 Å². The molecule has 6 nitrogen and oxygen atoms in total. The molecule has 1 amide bonds. The van der Waals surface area contributed by atoms with Crippen LogP contribution in [0, 0.1) is 0 Å². The van der Waals surface area contributed by atoms with Crippen molar-refractivity contribution in [2.75, 3.05) is 33.8 Å². The number of anilines is 1. The summed E-state index contributed by atoms with van der Waals surface area (Å²) in [5.74, 6) is 2.58. The highest BCUT2D eigenvalue weighted by Crippen LogP contribution is 2.37. The third-order valence-corrected chi connectivity index (χ3v) is 4.03. The van der Waals surface area contributed by atoms with Gasteiger partial charge in [0, 0.05) is 24.2 Å². The summed E-state index contributed by atoms with van der Waals surface area (Å²) in [6.07, 6.45) is 1.36. The zero-order valence-electron chi connectivity index (χ0n) is 15.8. The number of rotatable bonds is 8. The Morgan fingerprint density at radius 2 is 1.54 bits per heavy atom. The first-order chi connectivity index (χ1) is 12.5. The lowest BCUT2D eigenvalue weighted by molar-refractivity contribution is -0.114. The maximum absolute atomic E-state index is 11.5. The number of hydrogen-bond donors (Lipinski definition) is 1. The molecule has 26 heavy (non-hydrogen) atoms. The van der Waals surface area contributed by atoms with Crippen LogP contribution in [-0.4, -0.2) is 34.3 Å². The molecule has 2 aromatic carbocycles. The summed E-state index contributed by atoms with van der Waals surface area (Å²) >= 11 is 0. The number of aryl methyl sites for hydroxylation is 1. The second kappa shape index (κ2) is 8.99. The summed E-state index contributed by atoms with van der Waals surface area (Å²) < 4.78 is 21.6. The van der Waals surface area contributed by atoms with Crippen LogP contribution in [0.25, 0.3) is 0 Å². The minimum Gasteiger partial charge on any atom is -0.497 e. The first-order valence-corrected chi connectivity index (χ1v) is 8.25. The average Bonchev–Trinajstić information content (AvgIpc) is 2.65. The van der Waals surface area contributed by atoms with Crippen LogP contribution in [0.5, 0.6) is 23.0 Å². The molecule has 0 radical (unpaired) electrons. The molecule has 2 aromatic rings. The molecule has 140 valence electrons. The fraction of sp³-hybridized carbons (Fsp3) is 0.350.